The molecule has 1 aromatic carbocycles. The maximum absolute atomic E-state index is 12.5. The lowest BCUT2D eigenvalue weighted by Gasteiger charge is -2.38. The minimum atomic E-state index is -0.833. The average Bonchev–Trinajstić information content (AvgIpc) is 2.92. The summed E-state index contributed by atoms with van der Waals surface area (Å²) in [6, 6.07) is 9.36. The van der Waals surface area contributed by atoms with Gasteiger partial charge in [-0.25, -0.2) is 4.79 Å². The normalized spacial score (nSPS) is 20.8. The van der Waals surface area contributed by atoms with Crippen LogP contribution >= 0.6 is 0 Å². The maximum atomic E-state index is 12.5. The quantitative estimate of drug-likeness (QED) is 0.862. The Kier molecular flexibility index (Phi) is 3.57. The van der Waals surface area contributed by atoms with Gasteiger partial charge in [0.25, 0.3) is 5.91 Å². The van der Waals surface area contributed by atoms with Crippen molar-refractivity contribution >= 4 is 12.0 Å². The zero-order valence-electron chi connectivity index (χ0n) is 12.0. The number of nitrogens with zero attached hydrogens (tertiary/aromatic N) is 2. The van der Waals surface area contributed by atoms with Crippen LogP contribution in [-0.2, 0) is 0 Å². The molecule has 0 aromatic heterocycles. The van der Waals surface area contributed by atoms with Gasteiger partial charge in [-0.1, -0.05) is 18.2 Å². The van der Waals surface area contributed by atoms with Crippen molar-refractivity contribution in [2.75, 3.05) is 26.2 Å². The molecule has 2 heterocycles. The Morgan fingerprint density at radius 1 is 0.952 bits per heavy atom. The summed E-state index contributed by atoms with van der Waals surface area (Å²) in [5.41, 5.74) is 0.855. The summed E-state index contributed by atoms with van der Waals surface area (Å²) >= 11 is 0. The van der Waals surface area contributed by atoms with Crippen LogP contribution in [0.4, 0.5) is 4.79 Å². The third-order valence-electron chi connectivity index (χ3n) is 4.84. The first-order valence-corrected chi connectivity index (χ1v) is 7.42. The highest BCUT2D eigenvalue weighted by Crippen LogP contribution is 2.40. The molecule has 2 amide bonds. The Labute approximate surface area is 124 Å². The predicted molar refractivity (Wildman–Crippen MR) is 78.2 cm³/mol. The summed E-state index contributed by atoms with van der Waals surface area (Å²) < 4.78 is 0. The first-order chi connectivity index (χ1) is 10.1. The number of carbonyl (C=O) groups excluding carboxylic acids is 1. The van der Waals surface area contributed by atoms with Crippen LogP contribution in [0.3, 0.4) is 0 Å². The fraction of sp³-hybridized carbons (Fsp3) is 0.500. The summed E-state index contributed by atoms with van der Waals surface area (Å²) in [6.45, 7) is 2.71. The van der Waals surface area contributed by atoms with Crippen LogP contribution in [0.5, 0.6) is 0 Å². The number of rotatable bonds is 1. The molecule has 2 saturated heterocycles. The van der Waals surface area contributed by atoms with E-state index in [4.69, 9.17) is 5.11 Å². The number of likely N-dealkylation sites (tertiary alicyclic amines) is 2. The number of carboxylic acid groups (broad SMARTS) is 1. The molecule has 5 nitrogen and oxygen atoms in total. The van der Waals surface area contributed by atoms with Crippen LogP contribution in [0.15, 0.2) is 30.3 Å². The summed E-state index contributed by atoms with van der Waals surface area (Å²) in [7, 11) is 0. The molecule has 1 N–H and O–H groups in total. The van der Waals surface area contributed by atoms with Gasteiger partial charge in [-0.3, -0.25) is 4.79 Å². The predicted octanol–water partition coefficient (Wildman–Crippen LogP) is 2.29. The molecular weight excluding hydrogens is 268 g/mol. The molecule has 21 heavy (non-hydrogen) atoms. The molecule has 0 bridgehead atoms. The van der Waals surface area contributed by atoms with E-state index in [0.29, 0.717) is 13.1 Å². The Balaban J connectivity index is 1.64. The number of hydrogen-bond acceptors (Lipinski definition) is 2. The molecule has 2 aliphatic heterocycles. The van der Waals surface area contributed by atoms with Crippen LogP contribution < -0.4 is 0 Å². The van der Waals surface area contributed by atoms with Crippen LogP contribution in [0.1, 0.15) is 29.6 Å². The van der Waals surface area contributed by atoms with Crippen molar-refractivity contribution in [2.45, 2.75) is 19.3 Å². The van der Waals surface area contributed by atoms with Gasteiger partial charge in [0.1, 0.15) is 0 Å². The summed E-state index contributed by atoms with van der Waals surface area (Å²) in [6.07, 6.45) is 1.87. The fourth-order valence-electron chi connectivity index (χ4n) is 3.45. The molecule has 0 aliphatic carbocycles. The first-order valence-electron chi connectivity index (χ1n) is 7.42. The van der Waals surface area contributed by atoms with Gasteiger partial charge in [-0.2, -0.15) is 0 Å². The molecule has 5 heteroatoms. The molecule has 2 fully saturated rings. The molecule has 1 aromatic rings. The van der Waals surface area contributed by atoms with Crippen molar-refractivity contribution in [3.05, 3.63) is 35.9 Å². The monoisotopic (exact) mass is 288 g/mol. The third-order valence-corrected chi connectivity index (χ3v) is 4.84. The van der Waals surface area contributed by atoms with Crippen molar-refractivity contribution in [1.29, 1.82) is 0 Å². The van der Waals surface area contributed by atoms with Gasteiger partial charge in [0.05, 0.1) is 0 Å². The molecule has 0 unspecified atom stereocenters. The minimum Gasteiger partial charge on any atom is -0.465 e. The highest BCUT2D eigenvalue weighted by atomic mass is 16.4. The third kappa shape index (κ3) is 2.73. The summed E-state index contributed by atoms with van der Waals surface area (Å²) in [4.78, 5) is 26.8. The Hall–Kier alpha value is -2.04. The zero-order chi connectivity index (χ0) is 14.9. The van der Waals surface area contributed by atoms with Crippen molar-refractivity contribution < 1.29 is 14.7 Å². The van der Waals surface area contributed by atoms with Crippen molar-refractivity contribution in [2.24, 2.45) is 5.41 Å². The van der Waals surface area contributed by atoms with Gasteiger partial charge in [-0.05, 0) is 36.8 Å². The largest absolute Gasteiger partial charge is 0.465 e. The second kappa shape index (κ2) is 5.39. The Morgan fingerprint density at radius 3 is 2.10 bits per heavy atom. The SMILES string of the molecule is O=C(O)N1CCC2(CC1)CCN(C(=O)c1ccccc1)C2. The van der Waals surface area contributed by atoms with E-state index in [0.717, 1.165) is 37.9 Å². The zero-order valence-corrected chi connectivity index (χ0v) is 12.0. The highest BCUT2D eigenvalue weighted by molar-refractivity contribution is 5.94. The van der Waals surface area contributed by atoms with Crippen LogP contribution in [0.2, 0.25) is 0 Å². The molecule has 2 aliphatic rings. The lowest BCUT2D eigenvalue weighted by Crippen LogP contribution is -2.44. The average molecular weight is 288 g/mol. The number of carbonyl (C=O) groups is 2. The molecule has 3 rings (SSSR count). The van der Waals surface area contributed by atoms with Crippen molar-refractivity contribution in [3.8, 4) is 0 Å². The van der Waals surface area contributed by atoms with Crippen LogP contribution in [0.25, 0.3) is 0 Å². The standard InChI is InChI=1S/C16H20N2O3/c19-14(13-4-2-1-3-5-13)18-11-8-16(12-18)6-9-17(10-7-16)15(20)21/h1-5H,6-12H2,(H,20,21). The van der Waals surface area contributed by atoms with Gasteiger partial charge in [0, 0.05) is 31.7 Å². The van der Waals surface area contributed by atoms with E-state index in [-0.39, 0.29) is 11.3 Å². The Morgan fingerprint density at radius 2 is 1.52 bits per heavy atom. The molecular formula is C16H20N2O3. The molecule has 112 valence electrons. The van der Waals surface area contributed by atoms with E-state index in [1.165, 1.54) is 4.90 Å². The fourth-order valence-corrected chi connectivity index (χ4v) is 3.45. The number of amides is 2. The van der Waals surface area contributed by atoms with Gasteiger partial charge < -0.3 is 14.9 Å². The second-order valence-corrected chi connectivity index (χ2v) is 6.11. The van der Waals surface area contributed by atoms with Gasteiger partial charge in [0.2, 0.25) is 0 Å². The molecule has 1 spiro atoms. The van der Waals surface area contributed by atoms with E-state index in [1.807, 2.05) is 35.2 Å². The van der Waals surface area contributed by atoms with E-state index in [1.54, 1.807) is 0 Å². The van der Waals surface area contributed by atoms with Gasteiger partial charge >= 0.3 is 6.09 Å². The van der Waals surface area contributed by atoms with Crippen molar-refractivity contribution in [3.63, 3.8) is 0 Å². The molecule has 0 saturated carbocycles. The number of benzene rings is 1. The van der Waals surface area contributed by atoms with E-state index in [9.17, 15) is 9.59 Å². The second-order valence-electron chi connectivity index (χ2n) is 6.11. The van der Waals surface area contributed by atoms with Gasteiger partial charge in [0.15, 0.2) is 0 Å². The van der Waals surface area contributed by atoms with Crippen molar-refractivity contribution in [1.82, 2.24) is 9.80 Å². The topological polar surface area (TPSA) is 60.9 Å². The lowest BCUT2D eigenvalue weighted by atomic mass is 9.78. The lowest BCUT2D eigenvalue weighted by molar-refractivity contribution is 0.0706. The van der Waals surface area contributed by atoms with E-state index in [2.05, 4.69) is 0 Å². The molecule has 0 atom stereocenters. The smallest absolute Gasteiger partial charge is 0.407 e. The van der Waals surface area contributed by atoms with Crippen LogP contribution in [0, 0.1) is 5.41 Å². The number of hydrogen-bond donors (Lipinski definition) is 1. The van der Waals surface area contributed by atoms with Gasteiger partial charge in [-0.15, -0.1) is 0 Å². The van der Waals surface area contributed by atoms with E-state index < -0.39 is 6.09 Å². The maximum Gasteiger partial charge on any atom is 0.407 e. The minimum absolute atomic E-state index is 0.0909. The summed E-state index contributed by atoms with van der Waals surface area (Å²) in [5, 5.41) is 9.02. The first kappa shape index (κ1) is 13.9. The number of piperidine rings is 1. The molecule has 0 radical (unpaired) electrons. The Bertz CT molecular complexity index is 536. The van der Waals surface area contributed by atoms with E-state index >= 15 is 0 Å². The van der Waals surface area contributed by atoms with Crippen LogP contribution in [-0.4, -0.2) is 53.1 Å². The highest BCUT2D eigenvalue weighted by Gasteiger charge is 2.42. The summed E-state index contributed by atoms with van der Waals surface area (Å²) in [5.74, 6) is 0.0909.